The van der Waals surface area contributed by atoms with E-state index in [1.165, 1.54) is 71.0 Å². The lowest BCUT2D eigenvalue weighted by molar-refractivity contribution is 0.187. The van der Waals surface area contributed by atoms with Crippen molar-refractivity contribution < 1.29 is 0 Å². The number of nitrogens with zero attached hydrogens (tertiary/aromatic N) is 1. The first-order valence-electron chi connectivity index (χ1n) is 8.33. The van der Waals surface area contributed by atoms with Gasteiger partial charge in [0.1, 0.15) is 0 Å². The first-order valence-corrected chi connectivity index (χ1v) is 8.33. The van der Waals surface area contributed by atoms with Crippen LogP contribution in [0.3, 0.4) is 0 Å². The van der Waals surface area contributed by atoms with Crippen LogP contribution in [0.1, 0.15) is 58.3 Å². The summed E-state index contributed by atoms with van der Waals surface area (Å²) in [4.78, 5) is 2.65. The van der Waals surface area contributed by atoms with E-state index >= 15 is 0 Å². The molecule has 18 heavy (non-hydrogen) atoms. The van der Waals surface area contributed by atoms with Crippen LogP contribution in [0.15, 0.2) is 0 Å². The molecule has 104 valence electrons. The SMILES string of the molecule is CCCC1CCC(NC2CCN3CCC2C3)CC1. The smallest absolute Gasteiger partial charge is 0.0123 e. The van der Waals surface area contributed by atoms with Crippen LogP contribution in [0.25, 0.3) is 0 Å². The summed E-state index contributed by atoms with van der Waals surface area (Å²) >= 11 is 0. The van der Waals surface area contributed by atoms with E-state index in [2.05, 4.69) is 17.1 Å². The normalized spacial score (nSPS) is 44.2. The van der Waals surface area contributed by atoms with Crippen LogP contribution in [0.4, 0.5) is 0 Å². The molecule has 0 aromatic rings. The van der Waals surface area contributed by atoms with Gasteiger partial charge in [-0.3, -0.25) is 0 Å². The van der Waals surface area contributed by atoms with Gasteiger partial charge in [0.05, 0.1) is 0 Å². The molecule has 0 spiro atoms. The minimum atomic E-state index is 0.843. The molecule has 2 heteroatoms. The van der Waals surface area contributed by atoms with Crippen molar-refractivity contribution in [3.05, 3.63) is 0 Å². The Morgan fingerprint density at radius 1 is 1.00 bits per heavy atom. The first-order chi connectivity index (χ1) is 8.85. The number of nitrogens with one attached hydrogen (secondary N) is 1. The summed E-state index contributed by atoms with van der Waals surface area (Å²) in [5, 5.41) is 4.02. The number of hydrogen-bond acceptors (Lipinski definition) is 2. The fraction of sp³-hybridized carbons (Fsp3) is 1.00. The van der Waals surface area contributed by atoms with E-state index in [0.29, 0.717) is 0 Å². The van der Waals surface area contributed by atoms with E-state index in [-0.39, 0.29) is 0 Å². The summed E-state index contributed by atoms with van der Waals surface area (Å²) in [7, 11) is 0. The Kier molecular flexibility index (Phi) is 4.25. The van der Waals surface area contributed by atoms with Crippen molar-refractivity contribution in [3.8, 4) is 0 Å². The fourth-order valence-corrected chi connectivity index (χ4v) is 4.50. The standard InChI is InChI=1S/C16H30N2/c1-2-3-13-4-6-15(7-5-13)17-16-9-11-18-10-8-14(16)12-18/h13-17H,2-12H2,1H3. The predicted molar refractivity (Wildman–Crippen MR) is 76.7 cm³/mol. The van der Waals surface area contributed by atoms with E-state index in [1.807, 2.05) is 0 Å². The monoisotopic (exact) mass is 250 g/mol. The zero-order valence-corrected chi connectivity index (χ0v) is 12.0. The van der Waals surface area contributed by atoms with Crippen molar-refractivity contribution in [3.63, 3.8) is 0 Å². The van der Waals surface area contributed by atoms with Crippen molar-refractivity contribution in [2.75, 3.05) is 19.6 Å². The molecule has 3 aliphatic rings. The van der Waals surface area contributed by atoms with Crippen molar-refractivity contribution in [2.45, 2.75) is 70.4 Å². The van der Waals surface area contributed by atoms with Crippen molar-refractivity contribution >= 4 is 0 Å². The quantitative estimate of drug-likeness (QED) is 0.825. The van der Waals surface area contributed by atoms with Crippen LogP contribution in [0, 0.1) is 11.8 Å². The van der Waals surface area contributed by atoms with Gasteiger partial charge in [-0.1, -0.05) is 19.8 Å². The second kappa shape index (κ2) is 5.92. The van der Waals surface area contributed by atoms with Crippen LogP contribution >= 0.6 is 0 Å². The molecule has 2 saturated heterocycles. The summed E-state index contributed by atoms with van der Waals surface area (Å²) in [6.07, 6.45) is 11.5. The average Bonchev–Trinajstić information content (AvgIpc) is 2.78. The summed E-state index contributed by atoms with van der Waals surface area (Å²) in [6, 6.07) is 1.69. The number of hydrogen-bond donors (Lipinski definition) is 1. The molecule has 1 N–H and O–H groups in total. The lowest BCUT2D eigenvalue weighted by atomic mass is 9.82. The maximum Gasteiger partial charge on any atom is 0.0123 e. The van der Waals surface area contributed by atoms with Gasteiger partial charge >= 0.3 is 0 Å². The van der Waals surface area contributed by atoms with Crippen LogP contribution in [0.2, 0.25) is 0 Å². The summed E-state index contributed by atoms with van der Waals surface area (Å²) in [6.45, 7) is 6.42. The Bertz CT molecular complexity index is 258. The third-order valence-electron chi connectivity index (χ3n) is 5.63. The van der Waals surface area contributed by atoms with Crippen LogP contribution < -0.4 is 5.32 Å². The van der Waals surface area contributed by atoms with Gasteiger partial charge in [-0.05, 0) is 63.5 Å². The van der Waals surface area contributed by atoms with Gasteiger partial charge in [0.25, 0.3) is 0 Å². The van der Waals surface area contributed by atoms with Crippen molar-refractivity contribution in [2.24, 2.45) is 11.8 Å². The van der Waals surface area contributed by atoms with Gasteiger partial charge in [-0.25, -0.2) is 0 Å². The highest BCUT2D eigenvalue weighted by molar-refractivity contribution is 4.92. The average molecular weight is 250 g/mol. The van der Waals surface area contributed by atoms with Crippen molar-refractivity contribution in [1.82, 2.24) is 10.2 Å². The second-order valence-electron chi connectivity index (χ2n) is 6.92. The van der Waals surface area contributed by atoms with Crippen LogP contribution in [-0.4, -0.2) is 36.6 Å². The summed E-state index contributed by atoms with van der Waals surface area (Å²) in [5.41, 5.74) is 0. The molecule has 2 heterocycles. The Hall–Kier alpha value is -0.0800. The van der Waals surface area contributed by atoms with Gasteiger partial charge in [0.15, 0.2) is 0 Å². The van der Waals surface area contributed by atoms with Gasteiger partial charge in [0, 0.05) is 18.6 Å². The summed E-state index contributed by atoms with van der Waals surface area (Å²) < 4.78 is 0. The van der Waals surface area contributed by atoms with Crippen LogP contribution in [-0.2, 0) is 0 Å². The Labute approximate surface area is 113 Å². The Balaban J connectivity index is 1.43. The molecule has 2 aliphatic heterocycles. The number of rotatable bonds is 4. The third kappa shape index (κ3) is 2.91. The molecule has 0 radical (unpaired) electrons. The van der Waals surface area contributed by atoms with Gasteiger partial charge in [-0.2, -0.15) is 0 Å². The highest BCUT2D eigenvalue weighted by atomic mass is 15.2. The van der Waals surface area contributed by atoms with Gasteiger partial charge in [-0.15, -0.1) is 0 Å². The molecule has 0 amide bonds. The van der Waals surface area contributed by atoms with E-state index in [1.54, 1.807) is 0 Å². The molecule has 3 unspecified atom stereocenters. The number of piperidine rings is 1. The topological polar surface area (TPSA) is 15.3 Å². The lowest BCUT2D eigenvalue weighted by Gasteiger charge is -2.37. The third-order valence-corrected chi connectivity index (χ3v) is 5.63. The van der Waals surface area contributed by atoms with Crippen LogP contribution in [0.5, 0.6) is 0 Å². The molecule has 2 nitrogen and oxygen atoms in total. The Morgan fingerprint density at radius 2 is 1.78 bits per heavy atom. The van der Waals surface area contributed by atoms with Gasteiger partial charge < -0.3 is 10.2 Å². The summed E-state index contributed by atoms with van der Waals surface area (Å²) in [5.74, 6) is 2.01. The highest BCUT2D eigenvalue weighted by Crippen LogP contribution is 2.31. The minimum absolute atomic E-state index is 0.843. The van der Waals surface area contributed by atoms with E-state index < -0.39 is 0 Å². The zero-order valence-electron chi connectivity index (χ0n) is 12.0. The predicted octanol–water partition coefficient (Wildman–Crippen LogP) is 3.03. The Morgan fingerprint density at radius 3 is 2.56 bits per heavy atom. The molecule has 1 saturated carbocycles. The molecular weight excluding hydrogens is 220 g/mol. The van der Waals surface area contributed by atoms with Crippen molar-refractivity contribution in [1.29, 1.82) is 0 Å². The molecule has 3 atom stereocenters. The maximum absolute atomic E-state index is 4.02. The molecule has 0 aromatic carbocycles. The molecule has 3 rings (SSSR count). The largest absolute Gasteiger partial charge is 0.311 e. The molecule has 0 aromatic heterocycles. The maximum atomic E-state index is 4.02. The number of fused-ring (bicyclic) bond motifs is 2. The zero-order chi connectivity index (χ0) is 12.4. The minimum Gasteiger partial charge on any atom is -0.311 e. The molecule has 3 fully saturated rings. The van der Waals surface area contributed by atoms with E-state index in [9.17, 15) is 0 Å². The fourth-order valence-electron chi connectivity index (χ4n) is 4.50. The van der Waals surface area contributed by atoms with Gasteiger partial charge in [0.2, 0.25) is 0 Å². The highest BCUT2D eigenvalue weighted by Gasteiger charge is 2.35. The molecular formula is C16H30N2. The lowest BCUT2D eigenvalue weighted by Crippen LogP contribution is -2.48. The second-order valence-corrected chi connectivity index (χ2v) is 6.92. The van der Waals surface area contributed by atoms with E-state index in [4.69, 9.17) is 0 Å². The van der Waals surface area contributed by atoms with E-state index in [0.717, 1.165) is 23.9 Å². The molecule has 2 bridgehead atoms. The molecule has 1 aliphatic carbocycles. The first kappa shape index (κ1) is 12.9.